The van der Waals surface area contributed by atoms with Crippen molar-refractivity contribution in [1.82, 2.24) is 19.7 Å². The number of rotatable bonds is 2. The number of aromatic amines is 1. The Morgan fingerprint density at radius 3 is 3.00 bits per heavy atom. The largest absolute Gasteiger partial charge is 0.346 e. The molecule has 17 heavy (non-hydrogen) atoms. The first kappa shape index (κ1) is 10.1. The highest BCUT2D eigenvalue weighted by atomic mass is 15.3. The van der Waals surface area contributed by atoms with Gasteiger partial charge in [0.2, 0.25) is 0 Å². The zero-order valence-corrected chi connectivity index (χ0v) is 9.94. The molecule has 0 fully saturated rings. The van der Waals surface area contributed by atoms with Crippen molar-refractivity contribution in [2.75, 3.05) is 0 Å². The fourth-order valence-corrected chi connectivity index (χ4v) is 2.14. The molecule has 0 radical (unpaired) electrons. The molecule has 1 N–H and O–H groups in total. The van der Waals surface area contributed by atoms with Crippen LogP contribution in [0.2, 0.25) is 0 Å². The van der Waals surface area contributed by atoms with E-state index in [1.54, 1.807) is 0 Å². The second-order valence-corrected chi connectivity index (χ2v) is 4.10. The molecule has 0 aromatic carbocycles. The predicted molar refractivity (Wildman–Crippen MR) is 67.7 cm³/mol. The molecule has 0 aliphatic rings. The molecule has 3 aromatic rings. The van der Waals surface area contributed by atoms with Gasteiger partial charge in [0.15, 0.2) is 0 Å². The first-order valence-electron chi connectivity index (χ1n) is 5.75. The Labute approximate surface area is 99.3 Å². The first-order valence-corrected chi connectivity index (χ1v) is 5.75. The molecule has 0 saturated carbocycles. The van der Waals surface area contributed by atoms with Crippen LogP contribution in [-0.4, -0.2) is 19.7 Å². The van der Waals surface area contributed by atoms with Crippen molar-refractivity contribution in [3.05, 3.63) is 36.3 Å². The highest BCUT2D eigenvalue weighted by Gasteiger charge is 2.10. The first-order chi connectivity index (χ1) is 8.29. The van der Waals surface area contributed by atoms with Gasteiger partial charge in [-0.15, -0.1) is 0 Å². The summed E-state index contributed by atoms with van der Waals surface area (Å²) in [6.07, 6.45) is 4.69. The number of hydrogen-bond acceptors (Lipinski definition) is 2. The number of aryl methyl sites for hydroxylation is 2. The second kappa shape index (κ2) is 3.73. The lowest BCUT2D eigenvalue weighted by atomic mass is 10.1. The van der Waals surface area contributed by atoms with E-state index >= 15 is 0 Å². The smallest absolute Gasteiger partial charge is 0.137 e. The van der Waals surface area contributed by atoms with Crippen molar-refractivity contribution in [3.63, 3.8) is 0 Å². The molecule has 0 bridgehead atoms. The van der Waals surface area contributed by atoms with Gasteiger partial charge in [-0.2, -0.15) is 5.10 Å². The molecule has 4 heteroatoms. The third-order valence-corrected chi connectivity index (χ3v) is 3.03. The van der Waals surface area contributed by atoms with Gasteiger partial charge in [-0.05, 0) is 24.6 Å². The molecule has 86 valence electrons. The van der Waals surface area contributed by atoms with Gasteiger partial charge in [0.25, 0.3) is 0 Å². The van der Waals surface area contributed by atoms with Gasteiger partial charge in [-0.25, -0.2) is 4.98 Å². The van der Waals surface area contributed by atoms with Crippen molar-refractivity contribution in [1.29, 1.82) is 0 Å². The SMILES string of the molecule is CCc1cc(-c2ccnc3[nH]ccc23)n(C)n1. The van der Waals surface area contributed by atoms with Crippen molar-refractivity contribution < 1.29 is 0 Å². The maximum absolute atomic E-state index is 4.48. The normalized spacial score (nSPS) is 11.2. The Morgan fingerprint density at radius 2 is 2.24 bits per heavy atom. The molecule has 0 saturated heterocycles. The molecule has 0 amide bonds. The van der Waals surface area contributed by atoms with Gasteiger partial charge in [-0.3, -0.25) is 4.68 Å². The van der Waals surface area contributed by atoms with E-state index in [0.717, 1.165) is 28.8 Å². The monoisotopic (exact) mass is 226 g/mol. The summed E-state index contributed by atoms with van der Waals surface area (Å²) < 4.78 is 1.93. The van der Waals surface area contributed by atoms with Crippen LogP contribution in [0.15, 0.2) is 30.6 Å². The number of H-pyrrole nitrogens is 1. The Balaban J connectivity index is 2.26. The lowest BCUT2D eigenvalue weighted by molar-refractivity contribution is 0.753. The van der Waals surface area contributed by atoms with E-state index in [2.05, 4.69) is 34.1 Å². The summed E-state index contributed by atoms with van der Waals surface area (Å²) in [5.41, 5.74) is 4.34. The third kappa shape index (κ3) is 1.53. The minimum absolute atomic E-state index is 0.918. The fraction of sp³-hybridized carbons (Fsp3) is 0.231. The number of pyridine rings is 1. The maximum Gasteiger partial charge on any atom is 0.137 e. The van der Waals surface area contributed by atoms with Crippen LogP contribution in [0.25, 0.3) is 22.3 Å². The van der Waals surface area contributed by atoms with E-state index < -0.39 is 0 Å². The number of nitrogens with zero attached hydrogens (tertiary/aromatic N) is 3. The predicted octanol–water partition coefficient (Wildman–Crippen LogP) is 2.53. The molecule has 0 unspecified atom stereocenters. The lowest BCUT2D eigenvalue weighted by Gasteiger charge is -2.02. The number of nitrogens with one attached hydrogen (secondary N) is 1. The average Bonchev–Trinajstić information content (AvgIpc) is 2.94. The standard InChI is InChI=1S/C13H14N4/c1-3-9-8-12(17(2)16-9)10-4-6-14-13-11(10)5-7-15-13/h4-8H,3H2,1-2H3,(H,14,15). The summed E-state index contributed by atoms with van der Waals surface area (Å²) in [7, 11) is 1.98. The minimum atomic E-state index is 0.918. The van der Waals surface area contributed by atoms with Gasteiger partial charge < -0.3 is 4.98 Å². The quantitative estimate of drug-likeness (QED) is 0.729. The highest BCUT2D eigenvalue weighted by molar-refractivity contribution is 5.91. The molecular weight excluding hydrogens is 212 g/mol. The Morgan fingerprint density at radius 1 is 1.35 bits per heavy atom. The summed E-state index contributed by atoms with van der Waals surface area (Å²) in [6, 6.07) is 6.23. The molecule has 0 atom stereocenters. The van der Waals surface area contributed by atoms with Crippen LogP contribution in [0, 0.1) is 0 Å². The van der Waals surface area contributed by atoms with Crippen LogP contribution in [-0.2, 0) is 13.5 Å². The van der Waals surface area contributed by atoms with Gasteiger partial charge in [-0.1, -0.05) is 6.92 Å². The molecular formula is C13H14N4. The van der Waals surface area contributed by atoms with Crippen LogP contribution in [0.3, 0.4) is 0 Å². The number of aromatic nitrogens is 4. The third-order valence-electron chi connectivity index (χ3n) is 3.03. The molecule has 0 spiro atoms. The zero-order valence-electron chi connectivity index (χ0n) is 9.94. The molecule has 3 heterocycles. The van der Waals surface area contributed by atoms with Crippen molar-refractivity contribution in [2.45, 2.75) is 13.3 Å². The van der Waals surface area contributed by atoms with Crippen LogP contribution >= 0.6 is 0 Å². The molecule has 0 aliphatic carbocycles. The Bertz CT molecular complexity index is 663. The second-order valence-electron chi connectivity index (χ2n) is 4.10. The van der Waals surface area contributed by atoms with Crippen LogP contribution in [0.1, 0.15) is 12.6 Å². The molecule has 3 aromatic heterocycles. The molecule has 3 rings (SSSR count). The van der Waals surface area contributed by atoms with Gasteiger partial charge >= 0.3 is 0 Å². The van der Waals surface area contributed by atoms with E-state index in [9.17, 15) is 0 Å². The van der Waals surface area contributed by atoms with Crippen molar-refractivity contribution >= 4 is 11.0 Å². The molecule has 4 nitrogen and oxygen atoms in total. The topological polar surface area (TPSA) is 46.5 Å². The lowest BCUT2D eigenvalue weighted by Crippen LogP contribution is -1.94. The summed E-state index contributed by atoms with van der Waals surface area (Å²) in [5.74, 6) is 0. The number of fused-ring (bicyclic) bond motifs is 1. The summed E-state index contributed by atoms with van der Waals surface area (Å²) in [4.78, 5) is 7.43. The molecule has 0 aliphatic heterocycles. The van der Waals surface area contributed by atoms with Gasteiger partial charge in [0.1, 0.15) is 5.65 Å². The van der Waals surface area contributed by atoms with Gasteiger partial charge in [0, 0.05) is 30.4 Å². The average molecular weight is 226 g/mol. The fourth-order valence-electron chi connectivity index (χ4n) is 2.14. The maximum atomic E-state index is 4.48. The summed E-state index contributed by atoms with van der Waals surface area (Å²) >= 11 is 0. The van der Waals surface area contributed by atoms with Crippen LogP contribution < -0.4 is 0 Å². The Kier molecular flexibility index (Phi) is 2.21. The van der Waals surface area contributed by atoms with Crippen LogP contribution in [0.4, 0.5) is 0 Å². The zero-order chi connectivity index (χ0) is 11.8. The van der Waals surface area contributed by atoms with E-state index in [4.69, 9.17) is 0 Å². The van der Waals surface area contributed by atoms with Crippen molar-refractivity contribution in [3.8, 4) is 11.3 Å². The number of hydrogen-bond donors (Lipinski definition) is 1. The van der Waals surface area contributed by atoms with Gasteiger partial charge in [0.05, 0.1) is 11.4 Å². The van der Waals surface area contributed by atoms with E-state index in [0.29, 0.717) is 0 Å². The minimum Gasteiger partial charge on any atom is -0.346 e. The summed E-state index contributed by atoms with van der Waals surface area (Å²) in [5, 5.41) is 5.62. The van der Waals surface area contributed by atoms with E-state index in [1.165, 1.54) is 5.56 Å². The summed E-state index contributed by atoms with van der Waals surface area (Å²) in [6.45, 7) is 2.12. The Hall–Kier alpha value is -2.10. The van der Waals surface area contributed by atoms with E-state index in [1.807, 2.05) is 30.2 Å². The van der Waals surface area contributed by atoms with E-state index in [-0.39, 0.29) is 0 Å². The van der Waals surface area contributed by atoms with Crippen LogP contribution in [0.5, 0.6) is 0 Å². The van der Waals surface area contributed by atoms with Crippen molar-refractivity contribution in [2.24, 2.45) is 7.05 Å². The highest BCUT2D eigenvalue weighted by Crippen LogP contribution is 2.27.